The lowest BCUT2D eigenvalue weighted by atomic mass is 10.0. The molecule has 2 aromatic heterocycles. The Kier molecular flexibility index (Phi) is 6.60. The molecular formula is C28H25F2N3O4. The molecule has 0 unspecified atom stereocenters. The van der Waals surface area contributed by atoms with Gasteiger partial charge in [0.05, 0.1) is 20.1 Å². The molecule has 37 heavy (non-hydrogen) atoms. The Bertz CT molecular complexity index is 1500. The van der Waals surface area contributed by atoms with Crippen molar-refractivity contribution in [2.45, 2.75) is 32.4 Å². The molecule has 190 valence electrons. The van der Waals surface area contributed by atoms with Crippen LogP contribution in [0.15, 0.2) is 60.8 Å². The van der Waals surface area contributed by atoms with Crippen LogP contribution >= 0.6 is 0 Å². The lowest BCUT2D eigenvalue weighted by molar-refractivity contribution is -0.131. The van der Waals surface area contributed by atoms with Crippen molar-refractivity contribution < 1.29 is 28.2 Å². The number of fused-ring (bicyclic) bond motifs is 3. The normalized spacial score (nSPS) is 13.1. The third-order valence-electron chi connectivity index (χ3n) is 6.76. The molecule has 0 fully saturated rings. The number of methoxy groups -OCH3 is 1. The van der Waals surface area contributed by atoms with Gasteiger partial charge in [0, 0.05) is 35.9 Å². The number of aromatic carboxylic acids is 1. The number of alkyl halides is 2. The van der Waals surface area contributed by atoms with E-state index >= 15 is 0 Å². The van der Waals surface area contributed by atoms with Gasteiger partial charge in [-0.05, 0) is 53.4 Å². The topological polar surface area (TPSA) is 84.7 Å². The summed E-state index contributed by atoms with van der Waals surface area (Å²) in [6, 6.07) is 14.9. The Morgan fingerprint density at radius 3 is 2.70 bits per heavy atom. The molecule has 7 nitrogen and oxygen atoms in total. The molecule has 1 amide bonds. The smallest absolute Gasteiger partial charge is 0.339 e. The summed E-state index contributed by atoms with van der Waals surface area (Å²) in [5.41, 5.74) is 4.21. The maximum atomic E-state index is 13.3. The van der Waals surface area contributed by atoms with Crippen LogP contribution in [0.1, 0.15) is 44.7 Å². The van der Waals surface area contributed by atoms with E-state index in [0.29, 0.717) is 31.6 Å². The van der Waals surface area contributed by atoms with Crippen LogP contribution in [0.25, 0.3) is 11.0 Å². The van der Waals surface area contributed by atoms with Gasteiger partial charge >= 0.3 is 5.97 Å². The number of ether oxygens (including phenoxy) is 1. The van der Waals surface area contributed by atoms with Gasteiger partial charge in [-0.25, -0.2) is 18.6 Å². The van der Waals surface area contributed by atoms with Crippen molar-refractivity contribution >= 4 is 22.9 Å². The van der Waals surface area contributed by atoms with Gasteiger partial charge < -0.3 is 19.3 Å². The molecule has 4 aromatic rings. The SMILES string of the molecule is COc1cc(CC(=O)N2CCc3c(n(Cc4cccc(C(F)F)c4)c4ncccc34)C2)ccc1C(=O)O. The zero-order valence-corrected chi connectivity index (χ0v) is 20.2. The highest BCUT2D eigenvalue weighted by atomic mass is 19.3. The zero-order chi connectivity index (χ0) is 26.1. The Morgan fingerprint density at radius 1 is 1.11 bits per heavy atom. The number of rotatable bonds is 7. The summed E-state index contributed by atoms with van der Waals surface area (Å²) in [6.45, 7) is 1.26. The molecule has 0 atom stereocenters. The predicted molar refractivity (Wildman–Crippen MR) is 133 cm³/mol. The fourth-order valence-corrected chi connectivity index (χ4v) is 4.96. The van der Waals surface area contributed by atoms with Crippen molar-refractivity contribution in [1.29, 1.82) is 0 Å². The molecule has 0 radical (unpaired) electrons. The molecule has 5 rings (SSSR count). The standard InChI is InChI=1S/C28H25F2N3O4/c1-37-24-13-17(7-8-22(24)28(35)36)14-25(34)32-11-9-20-21-6-3-10-31-27(21)33(23(20)16-32)15-18-4-2-5-19(12-18)26(29)30/h2-8,10,12-13,26H,9,11,14-16H2,1H3,(H,35,36). The number of pyridine rings is 1. The summed E-state index contributed by atoms with van der Waals surface area (Å²) in [5, 5.41) is 10.3. The van der Waals surface area contributed by atoms with Crippen LogP contribution in [0.3, 0.4) is 0 Å². The summed E-state index contributed by atoms with van der Waals surface area (Å²) in [5.74, 6) is -0.991. The molecule has 0 bridgehead atoms. The highest BCUT2D eigenvalue weighted by Gasteiger charge is 2.27. The van der Waals surface area contributed by atoms with E-state index in [1.165, 1.54) is 25.3 Å². The lowest BCUT2D eigenvalue weighted by Crippen LogP contribution is -2.37. The maximum absolute atomic E-state index is 13.3. The first kappa shape index (κ1) is 24.4. The highest BCUT2D eigenvalue weighted by Crippen LogP contribution is 2.31. The summed E-state index contributed by atoms with van der Waals surface area (Å²) in [7, 11) is 1.39. The van der Waals surface area contributed by atoms with E-state index in [2.05, 4.69) is 4.98 Å². The summed E-state index contributed by atoms with van der Waals surface area (Å²) >= 11 is 0. The van der Waals surface area contributed by atoms with E-state index < -0.39 is 12.4 Å². The average molecular weight is 506 g/mol. The van der Waals surface area contributed by atoms with Gasteiger partial charge in [-0.2, -0.15) is 0 Å². The Labute approximate surface area is 211 Å². The second kappa shape index (κ2) is 10.0. The lowest BCUT2D eigenvalue weighted by Gasteiger charge is -2.29. The quantitative estimate of drug-likeness (QED) is 0.388. The number of nitrogens with zero attached hydrogens (tertiary/aromatic N) is 3. The van der Waals surface area contributed by atoms with E-state index in [1.807, 2.05) is 22.8 Å². The van der Waals surface area contributed by atoms with Crippen molar-refractivity contribution in [3.63, 3.8) is 0 Å². The molecule has 0 saturated carbocycles. The van der Waals surface area contributed by atoms with Crippen LogP contribution in [0.2, 0.25) is 0 Å². The summed E-state index contributed by atoms with van der Waals surface area (Å²) < 4.78 is 33.8. The minimum Gasteiger partial charge on any atom is -0.496 e. The number of benzene rings is 2. The average Bonchev–Trinajstić information content (AvgIpc) is 3.21. The first-order valence-electron chi connectivity index (χ1n) is 11.9. The number of aromatic nitrogens is 2. The Hall–Kier alpha value is -4.27. The number of hydrogen-bond donors (Lipinski definition) is 1. The van der Waals surface area contributed by atoms with Crippen molar-refractivity contribution in [3.05, 3.63) is 94.3 Å². The Balaban J connectivity index is 1.43. The van der Waals surface area contributed by atoms with E-state index in [0.717, 1.165) is 27.9 Å². The largest absolute Gasteiger partial charge is 0.496 e. The van der Waals surface area contributed by atoms with Gasteiger partial charge in [0.25, 0.3) is 6.43 Å². The molecule has 0 aliphatic carbocycles. The number of carbonyl (C=O) groups is 2. The fraction of sp³-hybridized carbons (Fsp3) is 0.250. The summed E-state index contributed by atoms with van der Waals surface area (Å²) in [6.07, 6.45) is -0.101. The zero-order valence-electron chi connectivity index (χ0n) is 20.2. The minimum atomic E-state index is -2.55. The molecule has 0 spiro atoms. The molecule has 2 aromatic carbocycles. The second-order valence-corrected chi connectivity index (χ2v) is 9.01. The number of hydrogen-bond acceptors (Lipinski definition) is 4. The number of carboxylic acids is 1. The van der Waals surface area contributed by atoms with Crippen molar-refractivity contribution in [3.8, 4) is 5.75 Å². The van der Waals surface area contributed by atoms with Gasteiger partial charge in [0.2, 0.25) is 5.91 Å². The number of carboxylic acid groups (broad SMARTS) is 1. The van der Waals surface area contributed by atoms with Gasteiger partial charge in [-0.15, -0.1) is 0 Å². The van der Waals surface area contributed by atoms with E-state index in [1.54, 1.807) is 29.3 Å². The van der Waals surface area contributed by atoms with Crippen molar-refractivity contribution in [1.82, 2.24) is 14.5 Å². The minimum absolute atomic E-state index is 0.0306. The number of amides is 1. The monoisotopic (exact) mass is 505 g/mol. The van der Waals surface area contributed by atoms with E-state index in [4.69, 9.17) is 4.74 Å². The van der Waals surface area contributed by atoms with Crippen LogP contribution in [-0.2, 0) is 30.7 Å². The number of halogens is 2. The van der Waals surface area contributed by atoms with Gasteiger partial charge in [0.1, 0.15) is 17.0 Å². The molecular weight excluding hydrogens is 480 g/mol. The Morgan fingerprint density at radius 2 is 1.95 bits per heavy atom. The van der Waals surface area contributed by atoms with Crippen LogP contribution in [0, 0.1) is 0 Å². The molecule has 1 N–H and O–H groups in total. The van der Waals surface area contributed by atoms with Crippen LogP contribution in [0.4, 0.5) is 8.78 Å². The van der Waals surface area contributed by atoms with Crippen LogP contribution in [-0.4, -0.2) is 45.1 Å². The van der Waals surface area contributed by atoms with Crippen LogP contribution < -0.4 is 4.74 Å². The second-order valence-electron chi connectivity index (χ2n) is 9.01. The number of carbonyl (C=O) groups excluding carboxylic acids is 1. The maximum Gasteiger partial charge on any atom is 0.339 e. The fourth-order valence-electron chi connectivity index (χ4n) is 4.96. The van der Waals surface area contributed by atoms with Gasteiger partial charge in [0.15, 0.2) is 0 Å². The summed E-state index contributed by atoms with van der Waals surface area (Å²) in [4.78, 5) is 31.0. The first-order valence-corrected chi connectivity index (χ1v) is 11.9. The predicted octanol–water partition coefficient (Wildman–Crippen LogP) is 4.86. The third-order valence-corrected chi connectivity index (χ3v) is 6.76. The van der Waals surface area contributed by atoms with Gasteiger partial charge in [-0.1, -0.05) is 24.3 Å². The van der Waals surface area contributed by atoms with Crippen molar-refractivity contribution in [2.24, 2.45) is 0 Å². The molecule has 9 heteroatoms. The molecule has 1 aliphatic rings. The van der Waals surface area contributed by atoms with Crippen LogP contribution in [0.5, 0.6) is 5.75 Å². The molecule has 0 saturated heterocycles. The first-order chi connectivity index (χ1) is 17.9. The van der Waals surface area contributed by atoms with Crippen molar-refractivity contribution in [2.75, 3.05) is 13.7 Å². The van der Waals surface area contributed by atoms with E-state index in [9.17, 15) is 23.5 Å². The highest BCUT2D eigenvalue weighted by molar-refractivity contribution is 5.91. The van der Waals surface area contributed by atoms with E-state index in [-0.39, 0.29) is 29.2 Å². The molecule has 3 heterocycles. The molecule has 1 aliphatic heterocycles. The van der Waals surface area contributed by atoms with Gasteiger partial charge in [-0.3, -0.25) is 4.79 Å². The third kappa shape index (κ3) is 4.76.